The average molecular weight is 486 g/mol. The summed E-state index contributed by atoms with van der Waals surface area (Å²) in [5.74, 6) is 0.479. The fourth-order valence-corrected chi connectivity index (χ4v) is 5.65. The van der Waals surface area contributed by atoms with Crippen molar-refractivity contribution in [3.05, 3.63) is 48.0 Å². The Bertz CT molecular complexity index is 1160. The number of amides is 2. The molecule has 0 unspecified atom stereocenters. The number of carbonyl (C=O) groups excluding carboxylic acids is 2. The maximum atomic E-state index is 12.9. The number of nitrogens with zero attached hydrogens (tertiary/aromatic N) is 1. The lowest BCUT2D eigenvalue weighted by Crippen LogP contribution is -2.37. The van der Waals surface area contributed by atoms with Gasteiger partial charge < -0.3 is 15.0 Å². The third kappa shape index (κ3) is 5.59. The van der Waals surface area contributed by atoms with Crippen LogP contribution in [0.3, 0.4) is 0 Å². The van der Waals surface area contributed by atoms with Gasteiger partial charge in [0.1, 0.15) is 12.4 Å². The number of anilines is 2. The molecule has 2 amide bonds. The van der Waals surface area contributed by atoms with Crippen LogP contribution < -0.4 is 19.7 Å². The molecule has 0 atom stereocenters. The van der Waals surface area contributed by atoms with E-state index in [1.165, 1.54) is 24.0 Å². The van der Waals surface area contributed by atoms with Crippen LogP contribution in [0.1, 0.15) is 38.2 Å². The predicted molar refractivity (Wildman–Crippen MR) is 130 cm³/mol. The Hall–Kier alpha value is -2.91. The van der Waals surface area contributed by atoms with Crippen LogP contribution >= 0.6 is 0 Å². The zero-order chi connectivity index (χ0) is 24.3. The van der Waals surface area contributed by atoms with Crippen molar-refractivity contribution in [1.29, 1.82) is 0 Å². The van der Waals surface area contributed by atoms with Crippen molar-refractivity contribution in [3.63, 3.8) is 0 Å². The van der Waals surface area contributed by atoms with Crippen LogP contribution in [0.5, 0.6) is 5.75 Å². The summed E-state index contributed by atoms with van der Waals surface area (Å²) in [6.07, 6.45) is 3.02. The Labute approximate surface area is 200 Å². The van der Waals surface area contributed by atoms with Crippen LogP contribution in [0.4, 0.5) is 11.4 Å². The standard InChI is InChI=1S/C25H31N3O5S/c1-17-3-9-21(10-4-17)27-25(30)20-7-5-19(6-8-20)16-26-34(31,32)22-11-12-24-23(15-22)28(18(2)29)13-14-33-24/h3-4,9-12,15,19-20,26H,5-8,13-14,16H2,1-2H3,(H,27,30). The van der Waals surface area contributed by atoms with E-state index in [0.717, 1.165) is 36.9 Å². The molecule has 1 heterocycles. The largest absolute Gasteiger partial charge is 0.490 e. The first-order chi connectivity index (χ1) is 16.2. The highest BCUT2D eigenvalue weighted by Crippen LogP contribution is 2.34. The average Bonchev–Trinajstić information content (AvgIpc) is 2.83. The summed E-state index contributed by atoms with van der Waals surface area (Å²) >= 11 is 0. The molecule has 2 aromatic carbocycles. The Kier molecular flexibility index (Phi) is 7.23. The monoisotopic (exact) mass is 485 g/mol. The number of rotatable bonds is 6. The number of hydrogen-bond acceptors (Lipinski definition) is 5. The number of aryl methyl sites for hydroxylation is 1. The van der Waals surface area contributed by atoms with Crippen LogP contribution in [0.2, 0.25) is 0 Å². The molecule has 1 aliphatic heterocycles. The first-order valence-corrected chi connectivity index (χ1v) is 13.1. The van der Waals surface area contributed by atoms with Crippen LogP contribution in [0.15, 0.2) is 47.4 Å². The van der Waals surface area contributed by atoms with Gasteiger partial charge in [0.2, 0.25) is 21.8 Å². The summed E-state index contributed by atoms with van der Waals surface area (Å²) in [7, 11) is -3.74. The molecule has 2 N–H and O–H groups in total. The smallest absolute Gasteiger partial charge is 0.240 e. The number of hydrogen-bond donors (Lipinski definition) is 2. The second-order valence-electron chi connectivity index (χ2n) is 9.07. The summed E-state index contributed by atoms with van der Waals surface area (Å²) in [6, 6.07) is 12.3. The highest BCUT2D eigenvalue weighted by Gasteiger charge is 2.28. The number of carbonyl (C=O) groups is 2. The predicted octanol–water partition coefficient (Wildman–Crippen LogP) is 3.46. The quantitative estimate of drug-likeness (QED) is 0.652. The molecule has 0 aromatic heterocycles. The van der Waals surface area contributed by atoms with E-state index in [1.807, 2.05) is 31.2 Å². The van der Waals surface area contributed by atoms with Gasteiger partial charge in [0.25, 0.3) is 0 Å². The molecule has 4 rings (SSSR count). The van der Waals surface area contributed by atoms with Gasteiger partial charge in [0.05, 0.1) is 17.1 Å². The molecule has 9 heteroatoms. The van der Waals surface area contributed by atoms with Gasteiger partial charge in [-0.25, -0.2) is 13.1 Å². The highest BCUT2D eigenvalue weighted by molar-refractivity contribution is 7.89. The highest BCUT2D eigenvalue weighted by atomic mass is 32.2. The molecule has 0 saturated heterocycles. The summed E-state index contributed by atoms with van der Waals surface area (Å²) in [5, 5.41) is 2.98. The fourth-order valence-electron chi connectivity index (χ4n) is 4.51. The second-order valence-corrected chi connectivity index (χ2v) is 10.8. The van der Waals surface area contributed by atoms with Gasteiger partial charge in [-0.05, 0) is 68.9 Å². The zero-order valence-electron chi connectivity index (χ0n) is 19.5. The molecule has 1 aliphatic carbocycles. The SMILES string of the molecule is CC(=O)N1CCOc2ccc(S(=O)(=O)NCC3CCC(C(=O)Nc4ccc(C)cc4)CC3)cc21. The summed E-state index contributed by atoms with van der Waals surface area (Å²) < 4.78 is 34.1. The Morgan fingerprint density at radius 1 is 1.06 bits per heavy atom. The van der Waals surface area contributed by atoms with Gasteiger partial charge in [-0.2, -0.15) is 0 Å². The third-order valence-electron chi connectivity index (χ3n) is 6.58. The van der Waals surface area contributed by atoms with E-state index in [9.17, 15) is 18.0 Å². The van der Waals surface area contributed by atoms with Crippen molar-refractivity contribution in [2.24, 2.45) is 11.8 Å². The molecule has 0 bridgehead atoms. The summed E-state index contributed by atoms with van der Waals surface area (Å²) in [5.41, 5.74) is 2.41. The first-order valence-electron chi connectivity index (χ1n) is 11.6. The van der Waals surface area contributed by atoms with E-state index in [4.69, 9.17) is 4.74 Å². The minimum atomic E-state index is -3.74. The van der Waals surface area contributed by atoms with Crippen molar-refractivity contribution in [2.75, 3.05) is 29.9 Å². The summed E-state index contributed by atoms with van der Waals surface area (Å²) in [4.78, 5) is 26.1. The van der Waals surface area contributed by atoms with Crippen LogP contribution in [0, 0.1) is 18.8 Å². The normalized spacial score (nSPS) is 20.2. The molecule has 182 valence electrons. The van der Waals surface area contributed by atoms with E-state index >= 15 is 0 Å². The van der Waals surface area contributed by atoms with E-state index in [2.05, 4.69) is 10.0 Å². The Balaban J connectivity index is 1.31. The molecule has 2 aromatic rings. The van der Waals surface area contributed by atoms with Gasteiger partial charge in [-0.3, -0.25) is 9.59 Å². The third-order valence-corrected chi connectivity index (χ3v) is 8.00. The lowest BCUT2D eigenvalue weighted by Gasteiger charge is -2.29. The molecule has 0 spiro atoms. The number of ether oxygens (including phenoxy) is 1. The van der Waals surface area contributed by atoms with Crippen LogP contribution in [-0.4, -0.2) is 39.9 Å². The Morgan fingerprint density at radius 2 is 1.76 bits per heavy atom. The zero-order valence-corrected chi connectivity index (χ0v) is 20.4. The van der Waals surface area contributed by atoms with E-state index < -0.39 is 10.0 Å². The Morgan fingerprint density at radius 3 is 2.44 bits per heavy atom. The topological polar surface area (TPSA) is 105 Å². The molecular formula is C25H31N3O5S. The maximum absolute atomic E-state index is 12.9. The number of benzene rings is 2. The summed E-state index contributed by atoms with van der Waals surface area (Å²) in [6.45, 7) is 4.54. The van der Waals surface area contributed by atoms with Gasteiger partial charge in [-0.15, -0.1) is 0 Å². The number of nitrogens with one attached hydrogen (secondary N) is 2. The molecule has 34 heavy (non-hydrogen) atoms. The second kappa shape index (κ2) is 10.1. The van der Waals surface area contributed by atoms with Gasteiger partial charge in [-0.1, -0.05) is 17.7 Å². The van der Waals surface area contributed by atoms with Crippen molar-refractivity contribution in [2.45, 2.75) is 44.4 Å². The maximum Gasteiger partial charge on any atom is 0.240 e. The number of sulfonamides is 1. The van der Waals surface area contributed by atoms with Crippen molar-refractivity contribution >= 4 is 33.2 Å². The van der Waals surface area contributed by atoms with Crippen molar-refractivity contribution in [3.8, 4) is 5.75 Å². The van der Waals surface area contributed by atoms with Gasteiger partial charge >= 0.3 is 0 Å². The lowest BCUT2D eigenvalue weighted by atomic mass is 9.81. The minimum Gasteiger partial charge on any atom is -0.490 e. The van der Waals surface area contributed by atoms with Crippen molar-refractivity contribution < 1.29 is 22.7 Å². The van der Waals surface area contributed by atoms with Gasteiger partial charge in [0, 0.05) is 25.1 Å². The van der Waals surface area contributed by atoms with E-state index in [0.29, 0.717) is 31.1 Å². The molecular weight excluding hydrogens is 454 g/mol. The molecule has 8 nitrogen and oxygen atoms in total. The van der Waals surface area contributed by atoms with Gasteiger partial charge in [0.15, 0.2) is 0 Å². The molecule has 2 aliphatic rings. The van der Waals surface area contributed by atoms with E-state index in [-0.39, 0.29) is 28.5 Å². The molecule has 1 saturated carbocycles. The molecule has 1 fully saturated rings. The van der Waals surface area contributed by atoms with Crippen molar-refractivity contribution in [1.82, 2.24) is 4.72 Å². The minimum absolute atomic E-state index is 0.0224. The lowest BCUT2D eigenvalue weighted by molar-refractivity contribution is -0.121. The van der Waals surface area contributed by atoms with Crippen LogP contribution in [0.25, 0.3) is 0 Å². The fraction of sp³-hybridized carbons (Fsp3) is 0.440. The first kappa shape index (κ1) is 24.2. The number of fused-ring (bicyclic) bond motifs is 1. The van der Waals surface area contributed by atoms with Crippen LogP contribution in [-0.2, 0) is 19.6 Å². The van der Waals surface area contributed by atoms with E-state index in [1.54, 1.807) is 6.07 Å². The molecule has 0 radical (unpaired) electrons.